The maximum Gasteiger partial charge on any atom is 0.260 e. The first-order chi connectivity index (χ1) is 11.7. The van der Waals surface area contributed by atoms with Gasteiger partial charge in [0.05, 0.1) is 18.2 Å². The van der Waals surface area contributed by atoms with Gasteiger partial charge in [-0.1, -0.05) is 11.3 Å². The third-order valence-electron chi connectivity index (χ3n) is 3.14. The number of aromatic nitrogens is 5. The van der Waals surface area contributed by atoms with Crippen molar-refractivity contribution < 1.29 is 4.79 Å². The van der Waals surface area contributed by atoms with Gasteiger partial charge in [-0.3, -0.25) is 4.79 Å². The number of aromatic amines is 1. The molecule has 0 atom stereocenters. The van der Waals surface area contributed by atoms with Crippen LogP contribution in [0.5, 0.6) is 0 Å². The number of carbonyl (C=O) groups is 1. The fourth-order valence-electron chi connectivity index (χ4n) is 1.98. The molecule has 9 nitrogen and oxygen atoms in total. The van der Waals surface area contributed by atoms with Gasteiger partial charge < -0.3 is 21.4 Å². The molecular formula is C14H16N8OS. The van der Waals surface area contributed by atoms with Gasteiger partial charge in [0.2, 0.25) is 0 Å². The maximum atomic E-state index is 11.1. The molecular weight excluding hydrogens is 328 g/mol. The highest BCUT2D eigenvalue weighted by atomic mass is 32.1. The lowest BCUT2D eigenvalue weighted by Crippen LogP contribution is -2.17. The highest BCUT2D eigenvalue weighted by molar-refractivity contribution is 7.17. The zero-order valence-corrected chi connectivity index (χ0v) is 13.5. The number of primary amides is 1. The van der Waals surface area contributed by atoms with Gasteiger partial charge in [-0.2, -0.15) is 0 Å². The van der Waals surface area contributed by atoms with Crippen LogP contribution in [0.15, 0.2) is 31.1 Å². The van der Waals surface area contributed by atoms with Crippen molar-refractivity contribution in [3.63, 3.8) is 0 Å². The van der Waals surface area contributed by atoms with E-state index in [2.05, 4.69) is 35.6 Å². The molecule has 0 fully saturated rings. The second-order valence-electron chi connectivity index (χ2n) is 4.92. The Morgan fingerprint density at radius 1 is 1.29 bits per heavy atom. The summed E-state index contributed by atoms with van der Waals surface area (Å²) in [6.07, 6.45) is 7.26. The van der Waals surface area contributed by atoms with Crippen molar-refractivity contribution in [2.24, 2.45) is 5.73 Å². The molecule has 0 saturated heterocycles. The van der Waals surface area contributed by atoms with Gasteiger partial charge in [0.1, 0.15) is 17.0 Å². The van der Waals surface area contributed by atoms with Gasteiger partial charge in [0.25, 0.3) is 5.91 Å². The fraction of sp³-hybridized carbons (Fsp3) is 0.214. The summed E-state index contributed by atoms with van der Waals surface area (Å²) in [5.41, 5.74) is 7.15. The van der Waals surface area contributed by atoms with E-state index in [1.54, 1.807) is 6.33 Å². The number of hydrogen-bond acceptors (Lipinski definition) is 8. The van der Waals surface area contributed by atoms with Crippen molar-refractivity contribution in [2.45, 2.75) is 13.0 Å². The van der Waals surface area contributed by atoms with Crippen molar-refractivity contribution in [1.82, 2.24) is 30.2 Å². The maximum absolute atomic E-state index is 11.1. The number of amides is 1. The first-order valence-corrected chi connectivity index (χ1v) is 8.04. The van der Waals surface area contributed by atoms with Crippen LogP contribution in [0.4, 0.5) is 10.9 Å². The molecule has 3 heterocycles. The number of thiazole rings is 1. The largest absolute Gasteiger partial charge is 0.365 e. The summed E-state index contributed by atoms with van der Waals surface area (Å²) < 4.78 is 0. The highest BCUT2D eigenvalue weighted by Gasteiger charge is 2.07. The second kappa shape index (κ2) is 7.62. The van der Waals surface area contributed by atoms with E-state index in [4.69, 9.17) is 5.73 Å². The average Bonchev–Trinajstić information content (AvgIpc) is 3.24. The molecule has 3 rings (SSSR count). The topological polar surface area (TPSA) is 134 Å². The lowest BCUT2D eigenvalue weighted by Gasteiger charge is -2.06. The minimum atomic E-state index is -0.495. The number of nitrogens with two attached hydrogens (primary N) is 1. The first-order valence-electron chi connectivity index (χ1n) is 7.22. The number of nitrogens with one attached hydrogen (secondary N) is 3. The van der Waals surface area contributed by atoms with Crippen LogP contribution >= 0.6 is 11.3 Å². The fourth-order valence-corrected chi connectivity index (χ4v) is 2.65. The molecule has 10 heteroatoms. The van der Waals surface area contributed by atoms with E-state index in [1.165, 1.54) is 23.9 Å². The number of rotatable bonds is 8. The minimum absolute atomic E-state index is 0.396. The molecule has 0 unspecified atom stereocenters. The van der Waals surface area contributed by atoms with E-state index < -0.39 is 5.91 Å². The minimum Gasteiger partial charge on any atom is -0.365 e. The Labute approximate surface area is 141 Å². The monoisotopic (exact) mass is 344 g/mol. The van der Waals surface area contributed by atoms with E-state index >= 15 is 0 Å². The number of H-pyrrole nitrogens is 1. The summed E-state index contributed by atoms with van der Waals surface area (Å²) in [4.78, 5) is 31.0. The van der Waals surface area contributed by atoms with Crippen LogP contribution in [0.3, 0.4) is 0 Å². The Morgan fingerprint density at radius 2 is 2.21 bits per heavy atom. The van der Waals surface area contributed by atoms with Gasteiger partial charge in [-0.05, 0) is 0 Å². The first kappa shape index (κ1) is 16.0. The summed E-state index contributed by atoms with van der Waals surface area (Å²) >= 11 is 1.18. The van der Waals surface area contributed by atoms with E-state index in [0.29, 0.717) is 22.4 Å². The van der Waals surface area contributed by atoms with Crippen molar-refractivity contribution in [1.29, 1.82) is 0 Å². The average molecular weight is 344 g/mol. The molecule has 0 bridgehead atoms. The Bertz CT molecular complexity index is 801. The van der Waals surface area contributed by atoms with Crippen LogP contribution in [0, 0.1) is 0 Å². The van der Waals surface area contributed by atoms with E-state index in [9.17, 15) is 4.79 Å². The predicted molar refractivity (Wildman–Crippen MR) is 89.9 cm³/mol. The lowest BCUT2D eigenvalue weighted by molar-refractivity contribution is 0.100. The van der Waals surface area contributed by atoms with Crippen LogP contribution in [0.2, 0.25) is 0 Å². The van der Waals surface area contributed by atoms with Crippen molar-refractivity contribution in [3.8, 4) is 0 Å². The number of imidazole rings is 1. The van der Waals surface area contributed by atoms with E-state index in [0.717, 1.165) is 24.4 Å². The molecule has 1 amide bonds. The molecule has 5 N–H and O–H groups in total. The van der Waals surface area contributed by atoms with Gasteiger partial charge in [0, 0.05) is 37.5 Å². The zero-order valence-electron chi connectivity index (χ0n) is 12.7. The SMILES string of the molecule is NC(=O)c1cnc(Nc2cc(CNCCc3cnc[nH]3)ncn2)s1. The summed E-state index contributed by atoms with van der Waals surface area (Å²) in [5, 5.41) is 6.91. The zero-order chi connectivity index (χ0) is 16.8. The molecule has 0 aliphatic heterocycles. The van der Waals surface area contributed by atoms with Crippen molar-refractivity contribution >= 4 is 28.2 Å². The molecule has 24 heavy (non-hydrogen) atoms. The standard InChI is InChI=1S/C14H16N8OS/c15-13(23)11-6-18-14(24-11)22-12-3-10(20-8-21-12)5-16-2-1-9-4-17-7-19-9/h3-4,6-8,16H,1-2,5H2,(H2,15,23)(H,17,19)(H,18,20,21,22). The highest BCUT2D eigenvalue weighted by Crippen LogP contribution is 2.21. The Morgan fingerprint density at radius 3 is 2.96 bits per heavy atom. The Kier molecular flexibility index (Phi) is 5.08. The molecule has 124 valence electrons. The Balaban J connectivity index is 1.52. The van der Waals surface area contributed by atoms with Crippen molar-refractivity contribution in [3.05, 3.63) is 47.4 Å². The number of hydrogen-bond donors (Lipinski definition) is 4. The second-order valence-corrected chi connectivity index (χ2v) is 5.95. The summed E-state index contributed by atoms with van der Waals surface area (Å²) in [6, 6.07) is 1.83. The van der Waals surface area contributed by atoms with Gasteiger partial charge in [0.15, 0.2) is 5.13 Å². The summed E-state index contributed by atoms with van der Waals surface area (Å²) in [6.45, 7) is 1.43. The van der Waals surface area contributed by atoms with Crippen LogP contribution in [-0.2, 0) is 13.0 Å². The molecule has 0 aromatic carbocycles. The summed E-state index contributed by atoms with van der Waals surface area (Å²) in [7, 11) is 0. The molecule has 0 aliphatic rings. The molecule has 0 saturated carbocycles. The van der Waals surface area contributed by atoms with Crippen LogP contribution in [-0.4, -0.2) is 37.4 Å². The normalized spacial score (nSPS) is 10.7. The van der Waals surface area contributed by atoms with Gasteiger partial charge >= 0.3 is 0 Å². The van der Waals surface area contributed by atoms with E-state index in [1.807, 2.05) is 12.3 Å². The van der Waals surface area contributed by atoms with Gasteiger partial charge in [-0.25, -0.2) is 19.9 Å². The Hall–Kier alpha value is -2.85. The summed E-state index contributed by atoms with van der Waals surface area (Å²) in [5.74, 6) is 0.117. The van der Waals surface area contributed by atoms with Gasteiger partial charge in [-0.15, -0.1) is 0 Å². The molecule has 0 aliphatic carbocycles. The van der Waals surface area contributed by atoms with Crippen LogP contribution < -0.4 is 16.4 Å². The van der Waals surface area contributed by atoms with Crippen LogP contribution in [0.1, 0.15) is 21.1 Å². The lowest BCUT2D eigenvalue weighted by atomic mass is 10.3. The van der Waals surface area contributed by atoms with E-state index in [-0.39, 0.29) is 0 Å². The number of carbonyl (C=O) groups excluding carboxylic acids is 1. The smallest absolute Gasteiger partial charge is 0.260 e. The third-order valence-corrected chi connectivity index (χ3v) is 4.07. The quantitative estimate of drug-likeness (QED) is 0.445. The number of nitrogens with zero attached hydrogens (tertiary/aromatic N) is 4. The molecule has 0 radical (unpaired) electrons. The van der Waals surface area contributed by atoms with Crippen molar-refractivity contribution in [2.75, 3.05) is 11.9 Å². The number of anilines is 2. The predicted octanol–water partition coefficient (Wildman–Crippen LogP) is 0.831. The molecule has 3 aromatic rings. The molecule has 0 spiro atoms. The van der Waals surface area contributed by atoms with Crippen LogP contribution in [0.25, 0.3) is 0 Å². The third kappa shape index (κ3) is 4.33. The molecule has 3 aromatic heterocycles.